The van der Waals surface area contributed by atoms with Gasteiger partial charge in [0.05, 0.1) is 13.2 Å². The van der Waals surface area contributed by atoms with Gasteiger partial charge < -0.3 is 9.64 Å². The predicted molar refractivity (Wildman–Crippen MR) is 77.1 cm³/mol. The average molecular weight is 272 g/mol. The molecule has 4 heteroatoms. The van der Waals surface area contributed by atoms with E-state index in [1.807, 2.05) is 23.1 Å². The number of rotatable bonds is 3. The fourth-order valence-electron chi connectivity index (χ4n) is 2.68. The van der Waals surface area contributed by atoms with Crippen molar-refractivity contribution in [3.8, 4) is 0 Å². The first-order valence-corrected chi connectivity index (χ1v) is 7.15. The molecule has 0 aromatic heterocycles. The van der Waals surface area contributed by atoms with E-state index in [4.69, 9.17) is 4.74 Å². The highest BCUT2D eigenvalue weighted by molar-refractivity contribution is 5.88. The molecule has 1 saturated heterocycles. The minimum absolute atomic E-state index is 0.106. The number of amides is 1. The average Bonchev–Trinajstić information content (AvgIpc) is 2.92. The molecule has 0 unspecified atom stereocenters. The molecule has 0 radical (unpaired) electrons. The highest BCUT2D eigenvalue weighted by Gasteiger charge is 2.20. The van der Waals surface area contributed by atoms with Gasteiger partial charge in [0.15, 0.2) is 0 Å². The molecule has 3 rings (SSSR count). The zero-order chi connectivity index (χ0) is 13.8. The maximum Gasteiger partial charge on any atom is 0.246 e. The summed E-state index contributed by atoms with van der Waals surface area (Å²) in [5.41, 5.74) is 2.53. The summed E-state index contributed by atoms with van der Waals surface area (Å²) in [4.78, 5) is 16.3. The lowest BCUT2D eigenvalue weighted by Gasteiger charge is -2.25. The lowest BCUT2D eigenvalue weighted by molar-refractivity contribution is -0.126. The van der Waals surface area contributed by atoms with Gasteiger partial charge in [0.2, 0.25) is 5.91 Å². The molecule has 0 aliphatic carbocycles. The molecule has 2 aliphatic heterocycles. The second kappa shape index (κ2) is 6.20. The Kier molecular flexibility index (Phi) is 4.14. The van der Waals surface area contributed by atoms with E-state index >= 15 is 0 Å². The Morgan fingerprint density at radius 3 is 2.45 bits per heavy atom. The summed E-state index contributed by atoms with van der Waals surface area (Å²) in [7, 11) is 0. The van der Waals surface area contributed by atoms with E-state index < -0.39 is 0 Å². The van der Waals surface area contributed by atoms with Gasteiger partial charge in [-0.1, -0.05) is 30.3 Å². The second-order valence-electron chi connectivity index (χ2n) is 5.28. The van der Waals surface area contributed by atoms with Crippen molar-refractivity contribution in [2.75, 3.05) is 32.8 Å². The second-order valence-corrected chi connectivity index (χ2v) is 5.28. The summed E-state index contributed by atoms with van der Waals surface area (Å²) in [6.45, 7) is 5.79. The highest BCUT2D eigenvalue weighted by Crippen LogP contribution is 2.22. The normalized spacial score (nSPS) is 19.5. The lowest BCUT2D eigenvalue weighted by Crippen LogP contribution is -2.36. The molecular weight excluding hydrogens is 252 g/mol. The van der Waals surface area contributed by atoms with E-state index in [0.717, 1.165) is 45.9 Å². The van der Waals surface area contributed by atoms with E-state index in [1.54, 1.807) is 6.08 Å². The molecular formula is C16H20N2O2. The number of carbonyl (C=O) groups is 1. The topological polar surface area (TPSA) is 32.8 Å². The first-order chi connectivity index (χ1) is 9.83. The molecule has 20 heavy (non-hydrogen) atoms. The molecule has 2 aliphatic rings. The SMILES string of the molecule is O=C(/C=C/CN1CCOCC1)N1Cc2ccccc2C1. The smallest absolute Gasteiger partial charge is 0.246 e. The predicted octanol–water partition coefficient (Wildman–Crippen LogP) is 1.42. The monoisotopic (exact) mass is 272 g/mol. The molecule has 0 N–H and O–H groups in total. The van der Waals surface area contributed by atoms with Crippen molar-refractivity contribution in [1.29, 1.82) is 0 Å². The van der Waals surface area contributed by atoms with E-state index in [0.29, 0.717) is 0 Å². The van der Waals surface area contributed by atoms with Gasteiger partial charge in [-0.3, -0.25) is 9.69 Å². The minimum atomic E-state index is 0.106. The first-order valence-electron chi connectivity index (χ1n) is 7.15. The van der Waals surface area contributed by atoms with Crippen molar-refractivity contribution in [2.24, 2.45) is 0 Å². The van der Waals surface area contributed by atoms with Crippen LogP contribution in [0.1, 0.15) is 11.1 Å². The van der Waals surface area contributed by atoms with Crippen LogP contribution in [0.2, 0.25) is 0 Å². The fourth-order valence-corrected chi connectivity index (χ4v) is 2.68. The summed E-state index contributed by atoms with van der Waals surface area (Å²) >= 11 is 0. The standard InChI is InChI=1S/C16H20N2O2/c19-16(6-3-7-17-8-10-20-11-9-17)18-12-14-4-1-2-5-15(14)13-18/h1-6H,7-13H2/b6-3+. The van der Waals surface area contributed by atoms with Gasteiger partial charge >= 0.3 is 0 Å². The number of carbonyl (C=O) groups excluding carboxylic acids is 1. The summed E-state index contributed by atoms with van der Waals surface area (Å²) in [5.74, 6) is 0.106. The third kappa shape index (κ3) is 3.08. The van der Waals surface area contributed by atoms with Gasteiger partial charge in [-0.2, -0.15) is 0 Å². The van der Waals surface area contributed by atoms with Crippen molar-refractivity contribution >= 4 is 5.91 Å². The molecule has 1 aromatic carbocycles. The van der Waals surface area contributed by atoms with Crippen LogP contribution in [0.15, 0.2) is 36.4 Å². The summed E-state index contributed by atoms with van der Waals surface area (Å²) < 4.78 is 5.30. The van der Waals surface area contributed by atoms with E-state index in [-0.39, 0.29) is 5.91 Å². The van der Waals surface area contributed by atoms with Gasteiger partial charge in [-0.05, 0) is 11.1 Å². The molecule has 0 saturated carbocycles. The zero-order valence-electron chi connectivity index (χ0n) is 11.6. The quantitative estimate of drug-likeness (QED) is 0.780. The maximum absolute atomic E-state index is 12.2. The van der Waals surface area contributed by atoms with E-state index in [1.165, 1.54) is 11.1 Å². The number of nitrogens with zero attached hydrogens (tertiary/aromatic N) is 2. The van der Waals surface area contributed by atoms with Crippen LogP contribution in [0.3, 0.4) is 0 Å². The van der Waals surface area contributed by atoms with Crippen LogP contribution in [0.4, 0.5) is 0 Å². The van der Waals surface area contributed by atoms with Crippen LogP contribution in [0.5, 0.6) is 0 Å². The molecule has 0 atom stereocenters. The van der Waals surface area contributed by atoms with Crippen LogP contribution in [-0.2, 0) is 22.6 Å². The minimum Gasteiger partial charge on any atom is -0.379 e. The van der Waals surface area contributed by atoms with E-state index in [9.17, 15) is 4.79 Å². The van der Waals surface area contributed by atoms with Crippen LogP contribution >= 0.6 is 0 Å². The molecule has 2 heterocycles. The largest absolute Gasteiger partial charge is 0.379 e. The van der Waals surface area contributed by atoms with Crippen molar-refractivity contribution in [1.82, 2.24) is 9.80 Å². The third-order valence-corrected chi connectivity index (χ3v) is 3.88. The Morgan fingerprint density at radius 1 is 1.15 bits per heavy atom. The Morgan fingerprint density at radius 2 is 1.80 bits per heavy atom. The number of morpholine rings is 1. The number of hydrogen-bond donors (Lipinski definition) is 0. The van der Waals surface area contributed by atoms with Gasteiger partial charge in [0, 0.05) is 38.8 Å². The van der Waals surface area contributed by atoms with Gasteiger partial charge in [-0.15, -0.1) is 0 Å². The number of benzene rings is 1. The van der Waals surface area contributed by atoms with Crippen LogP contribution < -0.4 is 0 Å². The van der Waals surface area contributed by atoms with Crippen LogP contribution in [-0.4, -0.2) is 48.6 Å². The van der Waals surface area contributed by atoms with Crippen LogP contribution in [0, 0.1) is 0 Å². The molecule has 1 fully saturated rings. The summed E-state index contributed by atoms with van der Waals surface area (Å²) in [6, 6.07) is 8.25. The van der Waals surface area contributed by atoms with Crippen molar-refractivity contribution < 1.29 is 9.53 Å². The number of ether oxygens (including phenoxy) is 1. The highest BCUT2D eigenvalue weighted by atomic mass is 16.5. The Balaban J connectivity index is 1.50. The Hall–Kier alpha value is -1.65. The van der Waals surface area contributed by atoms with E-state index in [2.05, 4.69) is 17.0 Å². The fraction of sp³-hybridized carbons (Fsp3) is 0.438. The summed E-state index contributed by atoms with van der Waals surface area (Å²) in [5, 5.41) is 0. The first kappa shape index (κ1) is 13.3. The third-order valence-electron chi connectivity index (χ3n) is 3.88. The molecule has 106 valence electrons. The molecule has 1 aromatic rings. The van der Waals surface area contributed by atoms with Gasteiger partial charge in [0.25, 0.3) is 0 Å². The van der Waals surface area contributed by atoms with Gasteiger partial charge in [-0.25, -0.2) is 0 Å². The number of fused-ring (bicyclic) bond motifs is 1. The molecule has 4 nitrogen and oxygen atoms in total. The maximum atomic E-state index is 12.2. The molecule has 0 bridgehead atoms. The molecule has 0 spiro atoms. The lowest BCUT2D eigenvalue weighted by atomic mass is 10.1. The van der Waals surface area contributed by atoms with Gasteiger partial charge in [0.1, 0.15) is 0 Å². The number of hydrogen-bond acceptors (Lipinski definition) is 3. The van der Waals surface area contributed by atoms with Crippen molar-refractivity contribution in [3.05, 3.63) is 47.5 Å². The van der Waals surface area contributed by atoms with Crippen molar-refractivity contribution in [3.63, 3.8) is 0 Å². The Labute approximate surface area is 119 Å². The Bertz CT molecular complexity index is 482. The van der Waals surface area contributed by atoms with Crippen molar-refractivity contribution in [2.45, 2.75) is 13.1 Å². The molecule has 1 amide bonds. The summed E-state index contributed by atoms with van der Waals surface area (Å²) in [6.07, 6.45) is 3.68. The van der Waals surface area contributed by atoms with Crippen LogP contribution in [0.25, 0.3) is 0 Å². The zero-order valence-corrected chi connectivity index (χ0v) is 11.6.